The van der Waals surface area contributed by atoms with Gasteiger partial charge in [-0.25, -0.2) is 4.98 Å². The van der Waals surface area contributed by atoms with Gasteiger partial charge in [-0.05, 0) is 37.3 Å². The van der Waals surface area contributed by atoms with E-state index in [-0.39, 0.29) is 18.1 Å². The summed E-state index contributed by atoms with van der Waals surface area (Å²) in [5, 5.41) is 22.0. The summed E-state index contributed by atoms with van der Waals surface area (Å²) in [5.74, 6) is -0.284. The molecule has 1 N–H and O–H groups in total. The summed E-state index contributed by atoms with van der Waals surface area (Å²) in [4.78, 5) is 27.6. The molecular formula is C18H16N6O4S. The highest BCUT2D eigenvalue weighted by Crippen LogP contribution is 2.28. The van der Waals surface area contributed by atoms with Crippen molar-refractivity contribution in [3.63, 3.8) is 0 Å². The molecule has 1 aromatic carbocycles. The number of carbonyl (C=O) groups is 1. The van der Waals surface area contributed by atoms with Crippen LogP contribution < -0.4 is 5.32 Å². The van der Waals surface area contributed by atoms with Crippen molar-refractivity contribution in [2.24, 2.45) is 0 Å². The van der Waals surface area contributed by atoms with E-state index < -0.39 is 10.8 Å². The third kappa shape index (κ3) is 3.47. The molecule has 0 aliphatic rings. The Hall–Kier alpha value is -3.60. The second-order valence-corrected chi connectivity index (χ2v) is 7.55. The quantitative estimate of drug-likeness (QED) is 0.391. The van der Waals surface area contributed by atoms with Crippen molar-refractivity contribution >= 4 is 38.4 Å². The van der Waals surface area contributed by atoms with Crippen LogP contribution in [0.3, 0.4) is 0 Å². The van der Waals surface area contributed by atoms with E-state index >= 15 is 0 Å². The van der Waals surface area contributed by atoms with Gasteiger partial charge in [0.2, 0.25) is 0 Å². The van der Waals surface area contributed by atoms with E-state index in [2.05, 4.69) is 20.6 Å². The van der Waals surface area contributed by atoms with Crippen LogP contribution in [-0.2, 0) is 6.54 Å². The standard InChI is InChI=1S/C18H16N6O4S/c1-9-5-4-6-13-15(9)19-18(29-13)20-17(25)16-12(11(3)28-22-16)8-23-10(2)7-14(21-23)24(26)27/h4-7H,8H2,1-3H3,(H,19,20,25). The van der Waals surface area contributed by atoms with E-state index in [1.807, 2.05) is 25.1 Å². The molecule has 1 amide bonds. The number of aromatic nitrogens is 4. The predicted octanol–water partition coefficient (Wildman–Crippen LogP) is 3.61. The number of nitro groups is 1. The van der Waals surface area contributed by atoms with Crippen LogP contribution in [0.25, 0.3) is 10.2 Å². The molecule has 0 aliphatic heterocycles. The molecule has 0 radical (unpaired) electrons. The maximum atomic E-state index is 12.8. The third-order valence-electron chi connectivity index (χ3n) is 4.50. The molecule has 0 aliphatic carbocycles. The molecule has 4 rings (SSSR count). The molecule has 29 heavy (non-hydrogen) atoms. The number of nitrogens with zero attached hydrogens (tertiary/aromatic N) is 5. The van der Waals surface area contributed by atoms with E-state index in [1.165, 1.54) is 22.1 Å². The zero-order chi connectivity index (χ0) is 20.7. The number of rotatable bonds is 5. The Kier molecular flexibility index (Phi) is 4.59. The molecule has 3 aromatic heterocycles. The smallest absolute Gasteiger partial charge is 0.361 e. The van der Waals surface area contributed by atoms with E-state index in [9.17, 15) is 14.9 Å². The molecule has 148 valence electrons. The number of carbonyl (C=O) groups excluding carboxylic acids is 1. The number of amides is 1. The molecular weight excluding hydrogens is 396 g/mol. The predicted molar refractivity (Wildman–Crippen MR) is 106 cm³/mol. The van der Waals surface area contributed by atoms with Crippen LogP contribution in [-0.4, -0.2) is 30.8 Å². The van der Waals surface area contributed by atoms with Gasteiger partial charge in [-0.15, -0.1) is 0 Å². The summed E-state index contributed by atoms with van der Waals surface area (Å²) in [7, 11) is 0. The fraction of sp³-hybridized carbons (Fsp3) is 0.222. The van der Waals surface area contributed by atoms with Crippen molar-refractivity contribution in [3.05, 3.63) is 62.7 Å². The average Bonchev–Trinajstić information content (AvgIpc) is 3.34. The molecule has 0 atom stereocenters. The van der Waals surface area contributed by atoms with Crippen LogP contribution in [0, 0.1) is 30.9 Å². The number of aryl methyl sites for hydroxylation is 3. The van der Waals surface area contributed by atoms with E-state index in [4.69, 9.17) is 4.52 Å². The molecule has 3 heterocycles. The van der Waals surface area contributed by atoms with E-state index in [0.717, 1.165) is 15.8 Å². The summed E-state index contributed by atoms with van der Waals surface area (Å²) in [6, 6.07) is 7.20. The molecule has 0 bridgehead atoms. The minimum atomic E-state index is -0.563. The molecule has 11 heteroatoms. The largest absolute Gasteiger partial charge is 0.390 e. The first-order valence-corrected chi connectivity index (χ1v) is 9.46. The van der Waals surface area contributed by atoms with Crippen LogP contribution in [0.5, 0.6) is 0 Å². The number of anilines is 1. The number of hydrogen-bond donors (Lipinski definition) is 1. The number of fused-ring (bicyclic) bond motifs is 1. The Balaban J connectivity index is 1.61. The third-order valence-corrected chi connectivity index (χ3v) is 5.44. The molecule has 0 saturated carbocycles. The Morgan fingerprint density at radius 2 is 2.14 bits per heavy atom. The van der Waals surface area contributed by atoms with Crippen LogP contribution in [0.15, 0.2) is 28.8 Å². The summed E-state index contributed by atoms with van der Waals surface area (Å²) in [5.41, 5.74) is 3.04. The zero-order valence-corrected chi connectivity index (χ0v) is 16.6. The van der Waals surface area contributed by atoms with Crippen molar-refractivity contribution < 1.29 is 14.2 Å². The van der Waals surface area contributed by atoms with Gasteiger partial charge < -0.3 is 14.6 Å². The summed E-state index contributed by atoms with van der Waals surface area (Å²) < 4.78 is 7.60. The van der Waals surface area contributed by atoms with Gasteiger partial charge in [0.05, 0.1) is 39.2 Å². The molecule has 0 saturated heterocycles. The molecule has 0 unspecified atom stereocenters. The molecule has 0 fully saturated rings. The van der Waals surface area contributed by atoms with Gasteiger partial charge in [-0.1, -0.05) is 28.6 Å². The van der Waals surface area contributed by atoms with Crippen molar-refractivity contribution in [2.75, 3.05) is 5.32 Å². The summed E-state index contributed by atoms with van der Waals surface area (Å²) >= 11 is 1.37. The van der Waals surface area contributed by atoms with Gasteiger partial charge >= 0.3 is 5.82 Å². The lowest BCUT2D eigenvalue weighted by atomic mass is 10.2. The van der Waals surface area contributed by atoms with Gasteiger partial charge in [0, 0.05) is 0 Å². The maximum absolute atomic E-state index is 12.8. The Morgan fingerprint density at radius 1 is 1.34 bits per heavy atom. The van der Waals surface area contributed by atoms with Crippen LogP contribution in [0.2, 0.25) is 0 Å². The Morgan fingerprint density at radius 3 is 2.83 bits per heavy atom. The topological polar surface area (TPSA) is 129 Å². The maximum Gasteiger partial charge on any atom is 0.390 e. The first-order chi connectivity index (χ1) is 13.8. The van der Waals surface area contributed by atoms with E-state index in [1.54, 1.807) is 13.8 Å². The van der Waals surface area contributed by atoms with Crippen LogP contribution in [0.1, 0.15) is 33.1 Å². The number of nitrogens with one attached hydrogen (secondary N) is 1. The minimum Gasteiger partial charge on any atom is -0.361 e. The second kappa shape index (κ2) is 7.09. The van der Waals surface area contributed by atoms with Gasteiger partial charge in [0.25, 0.3) is 5.91 Å². The molecule has 0 spiro atoms. The number of thiazole rings is 1. The van der Waals surface area contributed by atoms with Crippen molar-refractivity contribution in [1.29, 1.82) is 0 Å². The first kappa shape index (κ1) is 18.7. The highest BCUT2D eigenvalue weighted by Gasteiger charge is 2.24. The van der Waals surface area contributed by atoms with Crippen LogP contribution in [0.4, 0.5) is 10.9 Å². The molecule has 10 nitrogen and oxygen atoms in total. The Bertz CT molecular complexity index is 1250. The van der Waals surface area contributed by atoms with Gasteiger partial charge in [0.1, 0.15) is 5.76 Å². The first-order valence-electron chi connectivity index (χ1n) is 8.65. The van der Waals surface area contributed by atoms with Gasteiger partial charge in [0.15, 0.2) is 10.8 Å². The fourth-order valence-electron chi connectivity index (χ4n) is 2.94. The van der Waals surface area contributed by atoms with Crippen molar-refractivity contribution in [2.45, 2.75) is 27.3 Å². The number of para-hydroxylation sites is 1. The SMILES string of the molecule is Cc1onc(C(=O)Nc2nc3c(C)cccc3s2)c1Cn1nc([N+](=O)[O-])cc1C. The number of benzene rings is 1. The summed E-state index contributed by atoms with van der Waals surface area (Å²) in [6.07, 6.45) is 0. The molecule has 4 aromatic rings. The van der Waals surface area contributed by atoms with Crippen molar-refractivity contribution in [3.8, 4) is 0 Å². The lowest BCUT2D eigenvalue weighted by molar-refractivity contribution is -0.389. The van der Waals surface area contributed by atoms with Gasteiger partial charge in [-0.3, -0.25) is 10.1 Å². The fourth-order valence-corrected chi connectivity index (χ4v) is 3.88. The zero-order valence-electron chi connectivity index (χ0n) is 15.8. The lowest BCUT2D eigenvalue weighted by Crippen LogP contribution is -2.16. The Labute approximate surface area is 168 Å². The normalized spacial score (nSPS) is 11.1. The number of hydrogen-bond acceptors (Lipinski definition) is 8. The monoisotopic (exact) mass is 412 g/mol. The lowest BCUT2D eigenvalue weighted by Gasteiger charge is -2.02. The average molecular weight is 412 g/mol. The van der Waals surface area contributed by atoms with E-state index in [0.29, 0.717) is 22.1 Å². The van der Waals surface area contributed by atoms with Crippen molar-refractivity contribution in [1.82, 2.24) is 19.9 Å². The highest BCUT2D eigenvalue weighted by atomic mass is 32.1. The summed E-state index contributed by atoms with van der Waals surface area (Å²) in [6.45, 7) is 5.45. The minimum absolute atomic E-state index is 0.0935. The van der Waals surface area contributed by atoms with Crippen LogP contribution >= 0.6 is 11.3 Å². The highest BCUT2D eigenvalue weighted by molar-refractivity contribution is 7.22. The van der Waals surface area contributed by atoms with Gasteiger partial charge in [-0.2, -0.15) is 4.68 Å². The second-order valence-electron chi connectivity index (χ2n) is 6.52.